The molecular weight excluding hydrogens is 360 g/mol. The number of carboxylic acid groups (broad SMARTS) is 1. The van der Waals surface area contributed by atoms with E-state index in [4.69, 9.17) is 10.8 Å². The molecule has 1 amide bonds. The van der Waals surface area contributed by atoms with Gasteiger partial charge in [0.1, 0.15) is 10.5 Å². The van der Waals surface area contributed by atoms with Gasteiger partial charge in [0.15, 0.2) is 5.65 Å². The first-order valence-electron chi connectivity index (χ1n) is 7.47. The average molecular weight is 374 g/mol. The van der Waals surface area contributed by atoms with E-state index in [0.29, 0.717) is 22.6 Å². The fourth-order valence-electron chi connectivity index (χ4n) is 2.06. The highest BCUT2D eigenvalue weighted by atomic mass is 32.2. The van der Waals surface area contributed by atoms with E-state index in [-0.39, 0.29) is 23.4 Å². The average Bonchev–Trinajstić information content (AvgIpc) is 3.08. The first-order chi connectivity index (χ1) is 12.5. The number of nitrogen functional groups attached to an aromatic ring is 1. The molecular formula is C14H14N8O3S. The van der Waals surface area contributed by atoms with Crippen LogP contribution in [-0.4, -0.2) is 52.1 Å². The summed E-state index contributed by atoms with van der Waals surface area (Å²) in [4.78, 5) is 46.1. The van der Waals surface area contributed by atoms with Crippen molar-refractivity contribution in [3.8, 4) is 0 Å². The number of carbonyl (C=O) groups excluding carboxylic acids is 1. The molecule has 3 heterocycles. The Bertz CT molecular complexity index is 958. The summed E-state index contributed by atoms with van der Waals surface area (Å²) in [7, 11) is 0. The number of hydrogen-bond donors (Lipinski definition) is 4. The molecule has 0 radical (unpaired) electrons. The van der Waals surface area contributed by atoms with E-state index in [1.54, 1.807) is 0 Å². The number of hydrogen-bond acceptors (Lipinski definition) is 9. The van der Waals surface area contributed by atoms with Crippen LogP contribution in [-0.2, 0) is 4.79 Å². The van der Waals surface area contributed by atoms with E-state index < -0.39 is 11.2 Å². The maximum absolute atomic E-state index is 12.5. The highest BCUT2D eigenvalue weighted by Gasteiger charge is 2.22. The Labute approximate surface area is 150 Å². The van der Waals surface area contributed by atoms with Crippen LogP contribution in [0.1, 0.15) is 23.7 Å². The molecule has 5 N–H and O–H groups in total. The van der Waals surface area contributed by atoms with Gasteiger partial charge in [-0.15, -0.1) is 0 Å². The first-order valence-corrected chi connectivity index (χ1v) is 8.35. The first kappa shape index (κ1) is 17.5. The highest BCUT2D eigenvalue weighted by Crippen LogP contribution is 2.29. The van der Waals surface area contributed by atoms with Gasteiger partial charge in [-0.05, 0) is 6.42 Å². The number of aromatic carboxylic acids is 1. The monoisotopic (exact) mass is 374 g/mol. The fraction of sp³-hybridized carbons (Fsp3) is 0.214. The number of anilines is 2. The molecule has 12 heteroatoms. The third-order valence-corrected chi connectivity index (χ3v) is 4.67. The largest absolute Gasteiger partial charge is 0.478 e. The molecule has 0 fully saturated rings. The van der Waals surface area contributed by atoms with Gasteiger partial charge in [0, 0.05) is 12.4 Å². The lowest BCUT2D eigenvalue weighted by atomic mass is 10.3. The van der Waals surface area contributed by atoms with Crippen LogP contribution in [0.15, 0.2) is 23.7 Å². The van der Waals surface area contributed by atoms with E-state index in [0.717, 1.165) is 12.4 Å². The third kappa shape index (κ3) is 3.69. The number of nitrogens with zero attached hydrogens (tertiary/aromatic N) is 5. The quantitative estimate of drug-likeness (QED) is 0.359. The van der Waals surface area contributed by atoms with Gasteiger partial charge in [-0.2, -0.15) is 4.98 Å². The van der Waals surface area contributed by atoms with E-state index in [2.05, 4.69) is 35.2 Å². The van der Waals surface area contributed by atoms with Crippen LogP contribution in [0, 0.1) is 0 Å². The third-order valence-electron chi connectivity index (χ3n) is 3.32. The second-order valence-electron chi connectivity index (χ2n) is 5.09. The van der Waals surface area contributed by atoms with Crippen LogP contribution in [0.5, 0.6) is 0 Å². The van der Waals surface area contributed by atoms with Gasteiger partial charge >= 0.3 is 5.97 Å². The summed E-state index contributed by atoms with van der Waals surface area (Å²) < 4.78 is 0. The molecule has 0 aliphatic heterocycles. The molecule has 0 aliphatic rings. The van der Waals surface area contributed by atoms with Gasteiger partial charge in [0.25, 0.3) is 0 Å². The Balaban J connectivity index is 1.76. The van der Waals surface area contributed by atoms with Gasteiger partial charge in [0.2, 0.25) is 17.8 Å². The molecule has 11 nitrogen and oxygen atoms in total. The molecule has 3 aromatic rings. The Morgan fingerprint density at radius 2 is 2.04 bits per heavy atom. The van der Waals surface area contributed by atoms with Crippen LogP contribution in [0.25, 0.3) is 11.2 Å². The van der Waals surface area contributed by atoms with Crippen molar-refractivity contribution < 1.29 is 14.7 Å². The van der Waals surface area contributed by atoms with Crippen molar-refractivity contribution in [2.75, 3.05) is 11.1 Å². The predicted octanol–water partition coefficient (Wildman–Crippen LogP) is 0.933. The minimum atomic E-state index is -1.14. The molecule has 0 spiro atoms. The number of nitrogens with two attached hydrogens (primary N) is 1. The number of rotatable bonds is 6. The minimum Gasteiger partial charge on any atom is -0.478 e. The Morgan fingerprint density at radius 1 is 1.31 bits per heavy atom. The molecule has 3 rings (SSSR count). The molecule has 0 aliphatic carbocycles. The number of thioether (sulfide) groups is 1. The number of H-pyrrole nitrogens is 1. The Kier molecular flexibility index (Phi) is 4.93. The number of fused-ring (bicyclic) bond motifs is 1. The molecule has 0 saturated heterocycles. The molecule has 0 unspecified atom stereocenters. The van der Waals surface area contributed by atoms with Crippen molar-refractivity contribution in [1.29, 1.82) is 0 Å². The van der Waals surface area contributed by atoms with Crippen LogP contribution < -0.4 is 11.1 Å². The van der Waals surface area contributed by atoms with Gasteiger partial charge in [0.05, 0.1) is 17.1 Å². The smallest absolute Gasteiger partial charge is 0.338 e. The topological polar surface area (TPSA) is 173 Å². The normalized spacial score (nSPS) is 12.0. The molecule has 134 valence electrons. The lowest BCUT2D eigenvalue weighted by Gasteiger charge is -2.13. The van der Waals surface area contributed by atoms with Crippen molar-refractivity contribution in [2.45, 2.75) is 23.6 Å². The molecule has 3 aromatic heterocycles. The molecule has 0 saturated carbocycles. The predicted molar refractivity (Wildman–Crippen MR) is 93.7 cm³/mol. The fourth-order valence-corrected chi connectivity index (χ4v) is 3.08. The van der Waals surface area contributed by atoms with Crippen LogP contribution in [0.2, 0.25) is 0 Å². The number of carbonyl (C=O) groups is 2. The van der Waals surface area contributed by atoms with Crippen molar-refractivity contribution in [3.63, 3.8) is 0 Å². The van der Waals surface area contributed by atoms with Crippen molar-refractivity contribution in [1.82, 2.24) is 29.9 Å². The molecule has 0 bridgehead atoms. The second-order valence-corrected chi connectivity index (χ2v) is 6.28. The van der Waals surface area contributed by atoms with Crippen LogP contribution in [0.3, 0.4) is 0 Å². The summed E-state index contributed by atoms with van der Waals surface area (Å²) in [6.07, 6.45) is 4.22. The van der Waals surface area contributed by atoms with Gasteiger partial charge in [-0.25, -0.2) is 24.7 Å². The molecule has 1 atom stereocenters. The minimum absolute atomic E-state index is 0.0212. The molecule has 0 aromatic carbocycles. The van der Waals surface area contributed by atoms with Crippen molar-refractivity contribution >= 4 is 46.7 Å². The number of aromatic nitrogens is 6. The van der Waals surface area contributed by atoms with E-state index in [1.807, 2.05) is 6.92 Å². The van der Waals surface area contributed by atoms with Crippen LogP contribution in [0.4, 0.5) is 11.9 Å². The van der Waals surface area contributed by atoms with Gasteiger partial charge < -0.3 is 15.8 Å². The summed E-state index contributed by atoms with van der Waals surface area (Å²) in [6, 6.07) is 0. The van der Waals surface area contributed by atoms with E-state index >= 15 is 0 Å². The van der Waals surface area contributed by atoms with Crippen molar-refractivity contribution in [3.05, 3.63) is 24.3 Å². The van der Waals surface area contributed by atoms with Gasteiger partial charge in [-0.1, -0.05) is 18.7 Å². The van der Waals surface area contributed by atoms with E-state index in [1.165, 1.54) is 18.1 Å². The lowest BCUT2D eigenvalue weighted by molar-refractivity contribution is -0.115. The number of aromatic amines is 1. The summed E-state index contributed by atoms with van der Waals surface area (Å²) in [5.41, 5.74) is 6.63. The van der Waals surface area contributed by atoms with Crippen molar-refractivity contribution in [2.24, 2.45) is 0 Å². The Hall–Kier alpha value is -3.28. The zero-order valence-corrected chi connectivity index (χ0v) is 14.3. The standard InChI is InChI=1S/C14H14N8O3S/c1-2-7(10(23)21-14-16-3-6(4-17-14)12(24)25)26-11-8-9(19-5-18-8)20-13(15)22-11/h3-5,7H,2H2,1H3,(H,24,25)(H,16,17,21,23)(H3,15,18,19,20,22)/t7-/m1/s1. The summed E-state index contributed by atoms with van der Waals surface area (Å²) in [5.74, 6) is -1.40. The van der Waals surface area contributed by atoms with Crippen LogP contribution >= 0.6 is 11.8 Å². The maximum Gasteiger partial charge on any atom is 0.338 e. The lowest BCUT2D eigenvalue weighted by Crippen LogP contribution is -2.26. The summed E-state index contributed by atoms with van der Waals surface area (Å²) in [5, 5.41) is 11.4. The Morgan fingerprint density at radius 3 is 2.69 bits per heavy atom. The molecule has 26 heavy (non-hydrogen) atoms. The summed E-state index contributed by atoms with van der Waals surface area (Å²) in [6.45, 7) is 1.85. The maximum atomic E-state index is 12.5. The number of imidazole rings is 1. The zero-order chi connectivity index (χ0) is 18.7. The second kappa shape index (κ2) is 7.31. The van der Waals surface area contributed by atoms with Gasteiger partial charge in [-0.3, -0.25) is 10.1 Å². The number of amides is 1. The number of nitrogens with one attached hydrogen (secondary N) is 2. The highest BCUT2D eigenvalue weighted by molar-refractivity contribution is 8.00. The number of carboxylic acids is 1. The SMILES string of the molecule is CC[C@@H](Sc1nc(N)nc2nc[nH]c12)C(=O)Nc1ncc(C(=O)O)cn1. The van der Waals surface area contributed by atoms with E-state index in [9.17, 15) is 9.59 Å². The summed E-state index contributed by atoms with van der Waals surface area (Å²) >= 11 is 1.21. The zero-order valence-electron chi connectivity index (χ0n) is 13.5.